The number of fused-ring (bicyclic) bond motifs is 1. The molecule has 0 unspecified atom stereocenters. The number of hydrogen-bond acceptors (Lipinski definition) is 6. The number of aromatic nitrogens is 4. The molecule has 0 atom stereocenters. The molecule has 3 aromatic rings. The van der Waals surface area contributed by atoms with E-state index >= 15 is 0 Å². The lowest BCUT2D eigenvalue weighted by atomic mass is 10.3. The minimum absolute atomic E-state index is 0.259. The summed E-state index contributed by atoms with van der Waals surface area (Å²) in [6.07, 6.45) is 1.61. The molecular formula is C11H9Cl2N7. The molecule has 5 N–H and O–H groups in total. The number of rotatable bonds is 3. The Morgan fingerprint density at radius 2 is 2.05 bits per heavy atom. The van der Waals surface area contributed by atoms with E-state index in [2.05, 4.69) is 30.9 Å². The molecule has 20 heavy (non-hydrogen) atoms. The van der Waals surface area contributed by atoms with Crippen LogP contribution in [0.25, 0.3) is 11.0 Å². The highest BCUT2D eigenvalue weighted by molar-refractivity contribution is 6.36. The van der Waals surface area contributed by atoms with Gasteiger partial charge in [0.1, 0.15) is 5.82 Å². The second-order valence-electron chi connectivity index (χ2n) is 3.92. The van der Waals surface area contributed by atoms with Crippen molar-refractivity contribution < 1.29 is 0 Å². The molecule has 0 aliphatic carbocycles. The molecule has 0 saturated heterocycles. The van der Waals surface area contributed by atoms with Crippen LogP contribution in [0.15, 0.2) is 24.4 Å². The molecule has 0 amide bonds. The van der Waals surface area contributed by atoms with E-state index in [0.29, 0.717) is 27.2 Å². The standard InChI is InChI=1S/C11H9Cl2N7/c12-5-1-2-8(7(13)3-5)16-9-6-4-15-20-10(6)18-11(17-9)19-14/h1-4H,14H2,(H3,15,16,17,18,19,20). The van der Waals surface area contributed by atoms with Crippen molar-refractivity contribution in [2.24, 2.45) is 5.84 Å². The summed E-state index contributed by atoms with van der Waals surface area (Å²) in [5, 5.41) is 11.5. The molecule has 3 rings (SSSR count). The van der Waals surface area contributed by atoms with Crippen LogP contribution in [0.1, 0.15) is 0 Å². The zero-order valence-corrected chi connectivity index (χ0v) is 11.5. The summed E-state index contributed by atoms with van der Waals surface area (Å²) in [7, 11) is 0. The number of hydrogen-bond donors (Lipinski definition) is 4. The molecule has 2 aromatic heterocycles. The highest BCUT2D eigenvalue weighted by Crippen LogP contribution is 2.30. The van der Waals surface area contributed by atoms with Crippen molar-refractivity contribution in [1.29, 1.82) is 0 Å². The van der Waals surface area contributed by atoms with Gasteiger partial charge in [0.15, 0.2) is 5.65 Å². The largest absolute Gasteiger partial charge is 0.338 e. The third-order valence-corrected chi connectivity index (χ3v) is 3.17. The number of aromatic amines is 1. The minimum atomic E-state index is 0.259. The Labute approximate surface area is 123 Å². The number of benzene rings is 1. The van der Waals surface area contributed by atoms with Crippen LogP contribution in [0.4, 0.5) is 17.5 Å². The van der Waals surface area contributed by atoms with Crippen LogP contribution in [-0.4, -0.2) is 20.2 Å². The Morgan fingerprint density at radius 1 is 1.20 bits per heavy atom. The molecule has 0 bridgehead atoms. The van der Waals surface area contributed by atoms with Crippen molar-refractivity contribution in [2.75, 3.05) is 10.7 Å². The maximum absolute atomic E-state index is 6.12. The molecule has 1 aromatic carbocycles. The van der Waals surface area contributed by atoms with Gasteiger partial charge in [-0.1, -0.05) is 23.2 Å². The molecule has 7 nitrogen and oxygen atoms in total. The summed E-state index contributed by atoms with van der Waals surface area (Å²) < 4.78 is 0. The van der Waals surface area contributed by atoms with Crippen LogP contribution in [0.3, 0.4) is 0 Å². The van der Waals surface area contributed by atoms with Gasteiger partial charge in [0.2, 0.25) is 5.95 Å². The Morgan fingerprint density at radius 3 is 2.80 bits per heavy atom. The van der Waals surface area contributed by atoms with Crippen molar-refractivity contribution in [3.63, 3.8) is 0 Å². The lowest BCUT2D eigenvalue weighted by Gasteiger charge is -2.09. The molecule has 0 saturated carbocycles. The van der Waals surface area contributed by atoms with Crippen LogP contribution in [0, 0.1) is 0 Å². The number of halogens is 2. The van der Waals surface area contributed by atoms with E-state index in [4.69, 9.17) is 29.0 Å². The minimum Gasteiger partial charge on any atom is -0.338 e. The summed E-state index contributed by atoms with van der Waals surface area (Å²) in [6.45, 7) is 0. The number of nitrogens with one attached hydrogen (secondary N) is 3. The highest BCUT2D eigenvalue weighted by atomic mass is 35.5. The van der Waals surface area contributed by atoms with Gasteiger partial charge in [0.05, 0.1) is 22.3 Å². The van der Waals surface area contributed by atoms with E-state index in [0.717, 1.165) is 5.39 Å². The zero-order valence-electron chi connectivity index (χ0n) is 9.98. The van der Waals surface area contributed by atoms with Crippen LogP contribution in [0.5, 0.6) is 0 Å². The Kier molecular flexibility index (Phi) is 3.31. The van der Waals surface area contributed by atoms with Crippen molar-refractivity contribution in [2.45, 2.75) is 0 Å². The average molecular weight is 310 g/mol. The van der Waals surface area contributed by atoms with Crippen LogP contribution in [-0.2, 0) is 0 Å². The highest BCUT2D eigenvalue weighted by Gasteiger charge is 2.10. The van der Waals surface area contributed by atoms with Crippen LogP contribution in [0.2, 0.25) is 10.0 Å². The van der Waals surface area contributed by atoms with Crippen LogP contribution >= 0.6 is 23.2 Å². The molecule has 9 heteroatoms. The fourth-order valence-electron chi connectivity index (χ4n) is 1.71. The number of nitrogens with zero attached hydrogens (tertiary/aromatic N) is 3. The van der Waals surface area contributed by atoms with Gasteiger partial charge in [0.25, 0.3) is 0 Å². The van der Waals surface area contributed by atoms with Gasteiger partial charge < -0.3 is 5.32 Å². The SMILES string of the molecule is NNc1nc(Nc2ccc(Cl)cc2Cl)c2cn[nH]c2n1. The van der Waals surface area contributed by atoms with Crippen LogP contribution < -0.4 is 16.6 Å². The molecule has 0 fully saturated rings. The quantitative estimate of drug-likeness (QED) is 0.438. The molecule has 0 aliphatic heterocycles. The van der Waals surface area contributed by atoms with Crippen molar-refractivity contribution in [1.82, 2.24) is 20.2 Å². The first-order chi connectivity index (χ1) is 9.67. The third-order valence-electron chi connectivity index (χ3n) is 2.62. The summed E-state index contributed by atoms with van der Waals surface area (Å²) in [4.78, 5) is 8.37. The number of H-pyrrole nitrogens is 1. The summed E-state index contributed by atoms with van der Waals surface area (Å²) in [5.41, 5.74) is 3.62. The van der Waals surface area contributed by atoms with E-state index in [-0.39, 0.29) is 5.95 Å². The third kappa shape index (κ3) is 2.34. The number of anilines is 3. The number of hydrazine groups is 1. The first kappa shape index (κ1) is 12.9. The Balaban J connectivity index is 2.07. The molecule has 102 valence electrons. The van der Waals surface area contributed by atoms with Gasteiger partial charge >= 0.3 is 0 Å². The Bertz CT molecular complexity index is 771. The fourth-order valence-corrected chi connectivity index (χ4v) is 2.17. The van der Waals surface area contributed by atoms with E-state index in [1.54, 1.807) is 24.4 Å². The first-order valence-corrected chi connectivity index (χ1v) is 6.33. The summed E-state index contributed by atoms with van der Waals surface area (Å²) in [6, 6.07) is 5.13. The normalized spacial score (nSPS) is 10.8. The maximum Gasteiger partial charge on any atom is 0.241 e. The van der Waals surface area contributed by atoms with Gasteiger partial charge in [-0.25, -0.2) is 5.84 Å². The van der Waals surface area contributed by atoms with E-state index in [9.17, 15) is 0 Å². The molecule has 2 heterocycles. The maximum atomic E-state index is 6.12. The molecule has 0 radical (unpaired) electrons. The zero-order chi connectivity index (χ0) is 14.1. The second-order valence-corrected chi connectivity index (χ2v) is 4.77. The predicted octanol–water partition coefficient (Wildman–Crippen LogP) is 2.69. The molecular weight excluding hydrogens is 301 g/mol. The number of nitrogen functional groups attached to an aromatic ring is 1. The predicted molar refractivity (Wildman–Crippen MR) is 79.2 cm³/mol. The molecule has 0 spiro atoms. The Hall–Kier alpha value is -2.09. The monoisotopic (exact) mass is 309 g/mol. The smallest absolute Gasteiger partial charge is 0.241 e. The van der Waals surface area contributed by atoms with Crippen molar-refractivity contribution >= 4 is 51.7 Å². The van der Waals surface area contributed by atoms with Crippen molar-refractivity contribution in [3.8, 4) is 0 Å². The van der Waals surface area contributed by atoms with Gasteiger partial charge in [-0.3, -0.25) is 10.5 Å². The van der Waals surface area contributed by atoms with E-state index in [1.807, 2.05) is 0 Å². The average Bonchev–Trinajstić information content (AvgIpc) is 2.90. The summed E-state index contributed by atoms with van der Waals surface area (Å²) >= 11 is 12.0. The van der Waals surface area contributed by atoms with Gasteiger partial charge in [-0.15, -0.1) is 0 Å². The number of nitrogens with two attached hydrogens (primary N) is 1. The second kappa shape index (κ2) is 5.12. The topological polar surface area (TPSA) is 105 Å². The van der Waals surface area contributed by atoms with Gasteiger partial charge in [0, 0.05) is 5.02 Å². The first-order valence-electron chi connectivity index (χ1n) is 5.57. The molecule has 0 aliphatic rings. The van der Waals surface area contributed by atoms with Gasteiger partial charge in [-0.05, 0) is 18.2 Å². The van der Waals surface area contributed by atoms with E-state index < -0.39 is 0 Å². The lowest BCUT2D eigenvalue weighted by Crippen LogP contribution is -2.11. The summed E-state index contributed by atoms with van der Waals surface area (Å²) in [5.74, 6) is 6.13. The lowest BCUT2D eigenvalue weighted by molar-refractivity contribution is 1.08. The fraction of sp³-hybridized carbons (Fsp3) is 0. The van der Waals surface area contributed by atoms with Gasteiger partial charge in [-0.2, -0.15) is 15.1 Å². The van der Waals surface area contributed by atoms with Crippen molar-refractivity contribution in [3.05, 3.63) is 34.4 Å². The van der Waals surface area contributed by atoms with E-state index in [1.165, 1.54) is 0 Å².